The molecular formula is C38H45N5O3. The summed E-state index contributed by atoms with van der Waals surface area (Å²) < 4.78 is 0. The molecule has 3 aromatic carbocycles. The maximum absolute atomic E-state index is 14.4. The maximum atomic E-state index is 14.4. The Balaban J connectivity index is 1.61. The van der Waals surface area contributed by atoms with Crippen LogP contribution in [-0.4, -0.2) is 70.8 Å². The van der Waals surface area contributed by atoms with Crippen LogP contribution in [0.5, 0.6) is 0 Å². The van der Waals surface area contributed by atoms with E-state index in [-0.39, 0.29) is 24.1 Å². The molecule has 0 aliphatic heterocycles. The third-order valence-electron chi connectivity index (χ3n) is 8.10. The van der Waals surface area contributed by atoms with Crippen LogP contribution in [0.1, 0.15) is 37.0 Å². The predicted octanol–water partition coefficient (Wildman–Crippen LogP) is 4.72. The molecule has 8 nitrogen and oxygen atoms in total. The maximum Gasteiger partial charge on any atom is 0.246 e. The molecule has 240 valence electrons. The van der Waals surface area contributed by atoms with Crippen molar-refractivity contribution in [1.82, 2.24) is 20.1 Å². The van der Waals surface area contributed by atoms with E-state index >= 15 is 0 Å². The van der Waals surface area contributed by atoms with Gasteiger partial charge in [0.05, 0.1) is 0 Å². The first-order valence-electron chi connectivity index (χ1n) is 15.7. The fourth-order valence-electron chi connectivity index (χ4n) is 5.34. The van der Waals surface area contributed by atoms with E-state index < -0.39 is 17.6 Å². The van der Waals surface area contributed by atoms with Crippen LogP contribution in [0.15, 0.2) is 109 Å². The second-order valence-electron chi connectivity index (χ2n) is 12.5. The number of benzene rings is 3. The lowest BCUT2D eigenvalue weighted by Gasteiger charge is -2.34. The zero-order chi connectivity index (χ0) is 33.1. The number of hydrogen-bond donors (Lipinski definition) is 2. The number of fused-ring (bicyclic) bond motifs is 1. The minimum absolute atomic E-state index is 0.253. The van der Waals surface area contributed by atoms with Crippen LogP contribution in [0, 0.1) is 0 Å². The van der Waals surface area contributed by atoms with E-state index in [2.05, 4.69) is 10.3 Å². The van der Waals surface area contributed by atoms with E-state index in [9.17, 15) is 14.4 Å². The summed E-state index contributed by atoms with van der Waals surface area (Å²) in [6, 6.07) is 25.9. The van der Waals surface area contributed by atoms with E-state index in [1.807, 2.05) is 98.8 Å². The van der Waals surface area contributed by atoms with Gasteiger partial charge in [0.15, 0.2) is 0 Å². The Morgan fingerprint density at radius 1 is 0.804 bits per heavy atom. The summed E-state index contributed by atoms with van der Waals surface area (Å²) in [4.78, 5) is 48.6. The highest BCUT2D eigenvalue weighted by Gasteiger charge is 2.34. The van der Waals surface area contributed by atoms with Crippen molar-refractivity contribution in [3.05, 3.63) is 126 Å². The number of nitrogens with zero attached hydrogens (tertiary/aromatic N) is 3. The molecule has 4 rings (SSSR count). The van der Waals surface area contributed by atoms with Gasteiger partial charge in [-0.1, -0.05) is 78.9 Å². The molecule has 0 saturated carbocycles. The van der Waals surface area contributed by atoms with Crippen molar-refractivity contribution < 1.29 is 14.4 Å². The smallest absolute Gasteiger partial charge is 0.246 e. The summed E-state index contributed by atoms with van der Waals surface area (Å²) in [6.07, 6.45) is 8.43. The first-order valence-corrected chi connectivity index (χ1v) is 15.7. The number of rotatable bonds is 14. The molecule has 0 fully saturated rings. The summed E-state index contributed by atoms with van der Waals surface area (Å²) in [6.45, 7) is 4.19. The van der Waals surface area contributed by atoms with Gasteiger partial charge in [-0.3, -0.25) is 19.4 Å². The summed E-state index contributed by atoms with van der Waals surface area (Å²) in [7, 11) is 3.29. The zero-order valence-electron chi connectivity index (χ0n) is 27.2. The molecule has 0 radical (unpaired) electrons. The van der Waals surface area contributed by atoms with Crippen molar-refractivity contribution in [3.63, 3.8) is 0 Å². The number of carbonyl (C=O) groups excluding carboxylic acids is 3. The largest absolute Gasteiger partial charge is 0.354 e. The van der Waals surface area contributed by atoms with Gasteiger partial charge in [0.2, 0.25) is 17.7 Å². The van der Waals surface area contributed by atoms with E-state index in [4.69, 9.17) is 5.73 Å². The lowest BCUT2D eigenvalue weighted by atomic mass is 9.98. The van der Waals surface area contributed by atoms with Crippen molar-refractivity contribution in [2.24, 2.45) is 5.73 Å². The van der Waals surface area contributed by atoms with Crippen molar-refractivity contribution in [2.45, 2.75) is 57.2 Å². The molecule has 1 aromatic heterocycles. The summed E-state index contributed by atoms with van der Waals surface area (Å²) >= 11 is 0. The van der Waals surface area contributed by atoms with Crippen molar-refractivity contribution in [2.75, 3.05) is 20.6 Å². The lowest BCUT2D eigenvalue weighted by molar-refractivity contribution is -0.146. The summed E-state index contributed by atoms with van der Waals surface area (Å²) in [5, 5.41) is 5.18. The molecule has 0 saturated heterocycles. The van der Waals surface area contributed by atoms with E-state index in [1.54, 1.807) is 32.6 Å². The van der Waals surface area contributed by atoms with Crippen LogP contribution >= 0.6 is 0 Å². The molecule has 3 N–H and O–H groups in total. The minimum atomic E-state index is -0.850. The molecule has 2 atom stereocenters. The number of aromatic nitrogens is 1. The third-order valence-corrected chi connectivity index (χ3v) is 8.10. The van der Waals surface area contributed by atoms with Gasteiger partial charge in [0, 0.05) is 51.4 Å². The van der Waals surface area contributed by atoms with Crippen LogP contribution in [0.4, 0.5) is 0 Å². The number of pyridine rings is 1. The van der Waals surface area contributed by atoms with Gasteiger partial charge in [-0.2, -0.15) is 0 Å². The Kier molecular flexibility index (Phi) is 11.8. The van der Waals surface area contributed by atoms with Crippen LogP contribution in [-0.2, 0) is 33.6 Å². The molecule has 8 heteroatoms. The highest BCUT2D eigenvalue weighted by atomic mass is 16.2. The van der Waals surface area contributed by atoms with E-state index in [0.717, 1.165) is 27.5 Å². The fourth-order valence-corrected chi connectivity index (χ4v) is 5.34. The minimum Gasteiger partial charge on any atom is -0.354 e. The Morgan fingerprint density at radius 2 is 1.46 bits per heavy atom. The number of hydrogen-bond acceptors (Lipinski definition) is 5. The predicted molar refractivity (Wildman–Crippen MR) is 184 cm³/mol. The molecule has 0 bridgehead atoms. The van der Waals surface area contributed by atoms with Gasteiger partial charge < -0.3 is 20.9 Å². The van der Waals surface area contributed by atoms with E-state index in [1.165, 1.54) is 15.9 Å². The van der Waals surface area contributed by atoms with Gasteiger partial charge in [-0.25, -0.2) is 0 Å². The molecule has 4 aromatic rings. The van der Waals surface area contributed by atoms with Crippen LogP contribution in [0.3, 0.4) is 0 Å². The fraction of sp³-hybridized carbons (Fsp3) is 0.316. The quantitative estimate of drug-likeness (QED) is 0.199. The average molecular weight is 620 g/mol. The standard InChI is InChI=1S/C38H45N5O3/c1-38(2,39)21-10-15-35(44)42(3)34(27-30-16-17-31-13-8-9-14-32(31)25-30)37(46)43(4)33(26-29-11-6-5-7-12-29)36(45)41-24-20-28-18-22-40-23-19-28/h5-19,22-23,25,33-34H,20-21,24,26-27,39H2,1-4H3,(H,41,45)/b15-10+/t33-,34-/m1/s1. The van der Waals surface area contributed by atoms with Crippen molar-refractivity contribution in [1.29, 1.82) is 0 Å². The molecule has 0 aliphatic carbocycles. The van der Waals surface area contributed by atoms with Gasteiger partial charge in [-0.15, -0.1) is 0 Å². The molecular weight excluding hydrogens is 574 g/mol. The number of amides is 3. The highest BCUT2D eigenvalue weighted by Crippen LogP contribution is 2.20. The Bertz CT molecular complexity index is 1630. The monoisotopic (exact) mass is 619 g/mol. The van der Waals surface area contributed by atoms with Crippen LogP contribution < -0.4 is 11.1 Å². The topological polar surface area (TPSA) is 109 Å². The van der Waals surface area contributed by atoms with Crippen molar-refractivity contribution >= 4 is 28.5 Å². The van der Waals surface area contributed by atoms with Gasteiger partial charge in [-0.05, 0) is 72.4 Å². The van der Waals surface area contributed by atoms with Gasteiger partial charge in [0.25, 0.3) is 0 Å². The van der Waals surface area contributed by atoms with Crippen molar-refractivity contribution in [3.8, 4) is 0 Å². The number of likely N-dealkylation sites (N-methyl/N-ethyl adjacent to an activating group) is 2. The lowest BCUT2D eigenvalue weighted by Crippen LogP contribution is -2.56. The summed E-state index contributed by atoms with van der Waals surface area (Å²) in [5.74, 6) is -0.878. The normalized spacial score (nSPS) is 12.9. The first-order chi connectivity index (χ1) is 22.0. The second kappa shape index (κ2) is 16.0. The Morgan fingerprint density at radius 3 is 2.15 bits per heavy atom. The Hall–Kier alpha value is -4.82. The van der Waals surface area contributed by atoms with Crippen LogP contribution in [0.25, 0.3) is 10.8 Å². The summed E-state index contributed by atoms with van der Waals surface area (Å²) in [5.41, 5.74) is 8.54. The molecule has 0 unspecified atom stereocenters. The van der Waals surface area contributed by atoms with Crippen LogP contribution in [0.2, 0.25) is 0 Å². The first kappa shape index (κ1) is 34.1. The molecule has 0 aliphatic rings. The third kappa shape index (κ3) is 9.84. The zero-order valence-corrected chi connectivity index (χ0v) is 27.2. The average Bonchev–Trinajstić information content (AvgIpc) is 3.05. The number of nitrogens with two attached hydrogens (primary N) is 1. The highest BCUT2D eigenvalue weighted by molar-refractivity contribution is 5.95. The SMILES string of the molecule is CN(C(=O)/C=C/CC(C)(C)N)[C@H](Cc1ccc2ccccc2c1)C(=O)N(C)[C@H](Cc1ccccc1)C(=O)NCCc1ccncc1. The van der Waals surface area contributed by atoms with E-state index in [0.29, 0.717) is 25.8 Å². The second-order valence-corrected chi connectivity index (χ2v) is 12.5. The number of nitrogens with one attached hydrogen (secondary N) is 1. The van der Waals surface area contributed by atoms with Gasteiger partial charge >= 0.3 is 0 Å². The van der Waals surface area contributed by atoms with Gasteiger partial charge in [0.1, 0.15) is 12.1 Å². The molecule has 46 heavy (non-hydrogen) atoms. The Labute approximate surface area is 272 Å². The molecule has 1 heterocycles. The number of carbonyl (C=O) groups is 3. The molecule has 0 spiro atoms. The molecule has 3 amide bonds.